The molecule has 0 bridgehead atoms. The van der Waals surface area contributed by atoms with Crippen LogP contribution in [0.3, 0.4) is 0 Å². The van der Waals surface area contributed by atoms with Gasteiger partial charge in [-0.3, -0.25) is 9.78 Å². The van der Waals surface area contributed by atoms with Crippen molar-refractivity contribution in [2.45, 2.75) is 25.6 Å². The first kappa shape index (κ1) is 17.9. The Balaban J connectivity index is 1.74. The molecule has 0 fully saturated rings. The number of amides is 1. The highest BCUT2D eigenvalue weighted by Gasteiger charge is 2.30. The topological polar surface area (TPSA) is 42.0 Å². The van der Waals surface area contributed by atoms with Crippen molar-refractivity contribution in [1.29, 1.82) is 0 Å². The molecule has 0 saturated heterocycles. The molecule has 1 N–H and O–H groups in total. The molecule has 3 rings (SSSR count). The summed E-state index contributed by atoms with van der Waals surface area (Å²) in [5.74, 6) is -0.682. The molecule has 2 aromatic carbocycles. The van der Waals surface area contributed by atoms with Crippen LogP contribution in [0.15, 0.2) is 60.9 Å². The Bertz CT molecular complexity index is 932. The number of fused-ring (bicyclic) bond motifs is 1. The molecule has 0 spiro atoms. The molecule has 26 heavy (non-hydrogen) atoms. The maximum Gasteiger partial charge on any atom is 0.416 e. The van der Waals surface area contributed by atoms with E-state index in [4.69, 9.17) is 0 Å². The zero-order valence-corrected chi connectivity index (χ0v) is 14.0. The summed E-state index contributed by atoms with van der Waals surface area (Å²) in [6.07, 6.45) is -1.00. The van der Waals surface area contributed by atoms with Crippen molar-refractivity contribution in [1.82, 2.24) is 10.3 Å². The quantitative estimate of drug-likeness (QED) is 0.736. The highest BCUT2D eigenvalue weighted by molar-refractivity contribution is 5.92. The Morgan fingerprint density at radius 2 is 1.92 bits per heavy atom. The molecule has 0 radical (unpaired) electrons. The minimum atomic E-state index is -4.40. The van der Waals surface area contributed by atoms with Gasteiger partial charge in [-0.05, 0) is 41.6 Å². The van der Waals surface area contributed by atoms with E-state index in [-0.39, 0.29) is 12.5 Å². The van der Waals surface area contributed by atoms with Crippen LogP contribution >= 0.6 is 0 Å². The van der Waals surface area contributed by atoms with E-state index in [2.05, 4.69) is 10.3 Å². The number of halogens is 3. The molecule has 3 aromatic rings. The fourth-order valence-electron chi connectivity index (χ4n) is 2.87. The Kier molecular flexibility index (Phi) is 4.93. The first-order valence-corrected chi connectivity index (χ1v) is 8.13. The fourth-order valence-corrected chi connectivity index (χ4v) is 2.87. The molecule has 0 aliphatic carbocycles. The predicted octanol–water partition coefficient (Wildman–Crippen LogP) is 4.67. The Morgan fingerprint density at radius 3 is 2.69 bits per heavy atom. The molecule has 0 aliphatic rings. The zero-order valence-electron chi connectivity index (χ0n) is 14.0. The van der Waals surface area contributed by atoms with E-state index in [1.807, 2.05) is 24.3 Å². The van der Waals surface area contributed by atoms with E-state index in [1.165, 1.54) is 6.07 Å². The van der Waals surface area contributed by atoms with Crippen LogP contribution in [0.25, 0.3) is 10.8 Å². The summed E-state index contributed by atoms with van der Waals surface area (Å²) in [7, 11) is 0. The number of hydrogen-bond donors (Lipinski definition) is 1. The Labute approximate surface area is 148 Å². The van der Waals surface area contributed by atoms with E-state index in [0.717, 1.165) is 28.5 Å². The number of benzene rings is 2. The molecule has 6 heteroatoms. The highest BCUT2D eigenvalue weighted by Crippen LogP contribution is 2.29. The summed E-state index contributed by atoms with van der Waals surface area (Å²) < 4.78 is 38.3. The van der Waals surface area contributed by atoms with Crippen LogP contribution in [0.2, 0.25) is 0 Å². The summed E-state index contributed by atoms with van der Waals surface area (Å²) in [5, 5.41) is 4.59. The summed E-state index contributed by atoms with van der Waals surface area (Å²) >= 11 is 0. The average molecular weight is 358 g/mol. The van der Waals surface area contributed by atoms with E-state index in [1.54, 1.807) is 25.4 Å². The van der Waals surface area contributed by atoms with Gasteiger partial charge in [0.25, 0.3) is 0 Å². The lowest BCUT2D eigenvalue weighted by Crippen LogP contribution is -2.27. The van der Waals surface area contributed by atoms with Gasteiger partial charge in [0.05, 0.1) is 11.5 Å². The van der Waals surface area contributed by atoms with Gasteiger partial charge in [0, 0.05) is 24.3 Å². The molecule has 3 nitrogen and oxygen atoms in total. The van der Waals surface area contributed by atoms with Gasteiger partial charge >= 0.3 is 6.18 Å². The van der Waals surface area contributed by atoms with E-state index in [9.17, 15) is 18.0 Å². The molecular formula is C20H17F3N2O. The van der Waals surface area contributed by atoms with Gasteiger partial charge in [0.2, 0.25) is 5.91 Å². The molecule has 1 heterocycles. The van der Waals surface area contributed by atoms with Crippen molar-refractivity contribution < 1.29 is 18.0 Å². The van der Waals surface area contributed by atoms with Crippen LogP contribution < -0.4 is 5.32 Å². The number of aromatic nitrogens is 1. The minimum absolute atomic E-state index is 0.0411. The molecule has 1 unspecified atom stereocenters. The molecule has 1 atom stereocenters. The number of nitrogens with zero attached hydrogens (tertiary/aromatic N) is 1. The van der Waals surface area contributed by atoms with Crippen molar-refractivity contribution in [3.8, 4) is 0 Å². The Hall–Kier alpha value is -2.89. The number of pyridine rings is 1. The fraction of sp³-hybridized carbons (Fsp3) is 0.200. The van der Waals surface area contributed by atoms with Crippen molar-refractivity contribution >= 4 is 16.7 Å². The maximum absolute atomic E-state index is 12.8. The SMILES string of the molecule is CC(C(=O)NCc1cccc(C(F)(F)F)c1)c1cccc2cnccc12. The van der Waals surface area contributed by atoms with E-state index in [0.29, 0.717) is 5.56 Å². The first-order chi connectivity index (χ1) is 12.4. The molecule has 1 amide bonds. The van der Waals surface area contributed by atoms with Gasteiger partial charge in [0.1, 0.15) is 0 Å². The first-order valence-electron chi connectivity index (χ1n) is 8.13. The smallest absolute Gasteiger partial charge is 0.352 e. The molecule has 1 aromatic heterocycles. The maximum atomic E-state index is 12.8. The van der Waals surface area contributed by atoms with Gasteiger partial charge < -0.3 is 5.32 Å². The van der Waals surface area contributed by atoms with Crippen LogP contribution in [-0.4, -0.2) is 10.9 Å². The second-order valence-corrected chi connectivity index (χ2v) is 6.08. The zero-order chi connectivity index (χ0) is 18.7. The molecule has 0 saturated carbocycles. The highest BCUT2D eigenvalue weighted by atomic mass is 19.4. The lowest BCUT2D eigenvalue weighted by Gasteiger charge is -2.15. The summed E-state index contributed by atoms with van der Waals surface area (Å²) in [5.41, 5.74) is 0.535. The number of hydrogen-bond acceptors (Lipinski definition) is 2. The van der Waals surface area contributed by atoms with E-state index >= 15 is 0 Å². The lowest BCUT2D eigenvalue weighted by molar-refractivity contribution is -0.137. The third kappa shape index (κ3) is 3.85. The number of nitrogens with one attached hydrogen (secondary N) is 1. The van der Waals surface area contributed by atoms with Gasteiger partial charge in [-0.25, -0.2) is 0 Å². The molecule has 134 valence electrons. The second kappa shape index (κ2) is 7.15. The van der Waals surface area contributed by atoms with Crippen molar-refractivity contribution in [2.75, 3.05) is 0 Å². The molecular weight excluding hydrogens is 341 g/mol. The van der Waals surface area contributed by atoms with Crippen LogP contribution in [0.1, 0.15) is 29.5 Å². The van der Waals surface area contributed by atoms with Crippen molar-refractivity contribution in [3.05, 3.63) is 77.6 Å². The minimum Gasteiger partial charge on any atom is -0.352 e. The van der Waals surface area contributed by atoms with Gasteiger partial charge in [-0.2, -0.15) is 13.2 Å². The normalized spacial score (nSPS) is 12.8. The summed E-state index contributed by atoms with van der Waals surface area (Å²) in [6.45, 7) is 1.82. The standard InChI is InChI=1S/C20H17F3N2O/c1-13(17-7-3-5-15-12-24-9-8-18(15)17)19(26)25-11-14-4-2-6-16(10-14)20(21,22)23/h2-10,12-13H,11H2,1H3,(H,25,26). The summed E-state index contributed by atoms with van der Waals surface area (Å²) in [6, 6.07) is 12.5. The molecule has 0 aliphatic heterocycles. The average Bonchev–Trinajstić information content (AvgIpc) is 2.64. The second-order valence-electron chi connectivity index (χ2n) is 6.08. The number of carbonyl (C=O) groups is 1. The lowest BCUT2D eigenvalue weighted by atomic mass is 9.95. The van der Waals surface area contributed by atoms with Gasteiger partial charge in [-0.1, -0.05) is 30.3 Å². The van der Waals surface area contributed by atoms with Crippen molar-refractivity contribution in [2.24, 2.45) is 0 Å². The third-order valence-corrected chi connectivity index (χ3v) is 4.30. The van der Waals surface area contributed by atoms with Gasteiger partial charge in [0.15, 0.2) is 0 Å². The van der Waals surface area contributed by atoms with Crippen LogP contribution in [0.4, 0.5) is 13.2 Å². The Morgan fingerprint density at radius 1 is 1.15 bits per heavy atom. The van der Waals surface area contributed by atoms with Gasteiger partial charge in [-0.15, -0.1) is 0 Å². The number of rotatable bonds is 4. The van der Waals surface area contributed by atoms with Crippen LogP contribution in [0.5, 0.6) is 0 Å². The van der Waals surface area contributed by atoms with Crippen LogP contribution in [-0.2, 0) is 17.5 Å². The largest absolute Gasteiger partial charge is 0.416 e. The predicted molar refractivity (Wildman–Crippen MR) is 93.4 cm³/mol. The van der Waals surface area contributed by atoms with E-state index < -0.39 is 17.7 Å². The number of alkyl halides is 3. The van der Waals surface area contributed by atoms with Crippen LogP contribution in [0, 0.1) is 0 Å². The number of carbonyl (C=O) groups excluding carboxylic acids is 1. The summed E-state index contributed by atoms with van der Waals surface area (Å²) in [4.78, 5) is 16.6. The third-order valence-electron chi connectivity index (χ3n) is 4.30. The monoisotopic (exact) mass is 358 g/mol. The van der Waals surface area contributed by atoms with Crippen molar-refractivity contribution in [3.63, 3.8) is 0 Å².